The Hall–Kier alpha value is -1.00. The van der Waals surface area contributed by atoms with Crippen LogP contribution in [-0.2, 0) is 9.59 Å². The molecule has 0 aromatic carbocycles. The summed E-state index contributed by atoms with van der Waals surface area (Å²) in [6.45, 7) is 25.7. The van der Waals surface area contributed by atoms with E-state index in [1.165, 1.54) is 19.3 Å². The fraction of sp³-hybridized carbons (Fsp3) is 0.867. The van der Waals surface area contributed by atoms with E-state index in [0.717, 1.165) is 6.42 Å². The third kappa shape index (κ3) is 5.24. The number of hydrogen-bond acceptors (Lipinski definition) is 4. The summed E-state index contributed by atoms with van der Waals surface area (Å²) in [4.78, 5) is 30.2. The van der Waals surface area contributed by atoms with E-state index in [-0.39, 0.29) is 34.0 Å². The Morgan fingerprint density at radius 1 is 0.647 bits per heavy atom. The largest absolute Gasteiger partial charge is 0.297 e. The van der Waals surface area contributed by atoms with E-state index in [2.05, 4.69) is 84.3 Å². The van der Waals surface area contributed by atoms with Crippen LogP contribution in [0.3, 0.4) is 0 Å². The van der Waals surface area contributed by atoms with E-state index in [0.29, 0.717) is 35.5 Å². The number of likely N-dealkylation sites (tertiary alicyclic amines) is 2. The van der Waals surface area contributed by atoms with Gasteiger partial charge in [0.2, 0.25) is 0 Å². The molecule has 4 nitrogen and oxygen atoms in total. The fourth-order valence-corrected chi connectivity index (χ4v) is 6.97. The lowest BCUT2D eigenvalue weighted by atomic mass is 9.80. The van der Waals surface area contributed by atoms with Gasteiger partial charge >= 0.3 is 0 Å². The fourth-order valence-electron chi connectivity index (χ4n) is 6.97. The Kier molecular flexibility index (Phi) is 7.17. The molecule has 2 heterocycles. The monoisotopic (exact) mass is 472 g/mol. The van der Waals surface area contributed by atoms with Crippen molar-refractivity contribution >= 4 is 11.6 Å². The van der Waals surface area contributed by atoms with Crippen molar-refractivity contribution in [1.29, 1.82) is 0 Å². The van der Waals surface area contributed by atoms with Crippen LogP contribution in [0, 0.1) is 22.7 Å². The molecule has 4 bridgehead atoms. The molecule has 0 N–H and O–H groups in total. The minimum atomic E-state index is -0.244. The average molecular weight is 473 g/mol. The van der Waals surface area contributed by atoms with Gasteiger partial charge in [0, 0.05) is 39.9 Å². The molecule has 0 aromatic heterocycles. The first-order valence-electron chi connectivity index (χ1n) is 13.6. The van der Waals surface area contributed by atoms with Gasteiger partial charge in [0.1, 0.15) is 0 Å². The Morgan fingerprint density at radius 2 is 1.15 bits per heavy atom. The molecule has 4 rings (SSSR count). The summed E-state index contributed by atoms with van der Waals surface area (Å²) in [6, 6.07) is 1.38. The number of fused-ring (bicyclic) bond motifs is 4. The summed E-state index contributed by atoms with van der Waals surface area (Å²) in [6.07, 6.45) is 9.44. The number of carbonyl (C=O) groups excluding carboxylic acids is 2. The first-order chi connectivity index (χ1) is 15.2. The Morgan fingerprint density at radius 3 is 1.62 bits per heavy atom. The zero-order chi connectivity index (χ0) is 26.0. The Balaban J connectivity index is 0.000000191. The van der Waals surface area contributed by atoms with Crippen LogP contribution in [-0.4, -0.2) is 56.6 Å². The lowest BCUT2D eigenvalue weighted by Gasteiger charge is -2.45. The second kappa shape index (κ2) is 8.83. The van der Waals surface area contributed by atoms with Crippen molar-refractivity contribution in [2.24, 2.45) is 22.7 Å². The predicted octanol–water partition coefficient (Wildman–Crippen LogP) is 6.28. The molecule has 2 saturated heterocycles. The van der Waals surface area contributed by atoms with Crippen LogP contribution in [0.4, 0.5) is 0 Å². The summed E-state index contributed by atoms with van der Waals surface area (Å²) in [5.74, 6) is 1.89. The van der Waals surface area contributed by atoms with Crippen molar-refractivity contribution in [3.05, 3.63) is 12.2 Å². The highest BCUT2D eigenvalue weighted by Crippen LogP contribution is 2.48. The molecule has 6 atom stereocenters. The van der Waals surface area contributed by atoms with Gasteiger partial charge < -0.3 is 0 Å². The van der Waals surface area contributed by atoms with E-state index in [1.54, 1.807) is 0 Å². The second-order valence-corrected chi connectivity index (χ2v) is 15.4. The molecule has 194 valence electrons. The van der Waals surface area contributed by atoms with Crippen LogP contribution in [0.1, 0.15) is 109 Å². The van der Waals surface area contributed by atoms with Gasteiger partial charge in [-0.15, -0.1) is 0 Å². The van der Waals surface area contributed by atoms with E-state index in [9.17, 15) is 9.59 Å². The summed E-state index contributed by atoms with van der Waals surface area (Å²) >= 11 is 0. The smallest absolute Gasteiger partial charge is 0.155 e. The van der Waals surface area contributed by atoms with Gasteiger partial charge in [0.05, 0.1) is 12.1 Å². The van der Waals surface area contributed by atoms with Crippen LogP contribution in [0.5, 0.6) is 0 Å². The molecular weight excluding hydrogens is 420 g/mol. The number of Topliss-reactive ketones (excluding diaryl/α,β-unsaturated/α-hetero) is 2. The minimum Gasteiger partial charge on any atom is -0.297 e. The summed E-state index contributed by atoms with van der Waals surface area (Å²) in [7, 11) is 0. The third-order valence-electron chi connectivity index (χ3n) is 8.31. The van der Waals surface area contributed by atoms with Crippen LogP contribution in [0.15, 0.2) is 12.2 Å². The summed E-state index contributed by atoms with van der Waals surface area (Å²) < 4.78 is 0. The third-order valence-corrected chi connectivity index (χ3v) is 8.31. The number of carbonyl (C=O) groups is 2. The molecule has 0 amide bonds. The highest BCUT2D eigenvalue weighted by molar-refractivity contribution is 5.90. The van der Waals surface area contributed by atoms with Crippen LogP contribution >= 0.6 is 0 Å². The second-order valence-electron chi connectivity index (χ2n) is 15.4. The van der Waals surface area contributed by atoms with Gasteiger partial charge in [-0.05, 0) is 73.1 Å². The standard InChI is InChI=1S/C15H27NO.C15H25NO/c2*1-14(2,3)13(17)12-10-7-8-11(9-10)16(12)15(4,5)6/h10-12H,7-9H2,1-6H3;7-8,10-12H,9H2,1-6H3. The van der Waals surface area contributed by atoms with E-state index in [4.69, 9.17) is 0 Å². The molecule has 0 spiro atoms. The van der Waals surface area contributed by atoms with Crippen molar-refractivity contribution < 1.29 is 9.59 Å². The quantitative estimate of drug-likeness (QED) is 0.443. The lowest BCUT2D eigenvalue weighted by molar-refractivity contribution is -0.136. The molecule has 34 heavy (non-hydrogen) atoms. The molecule has 1 saturated carbocycles. The van der Waals surface area contributed by atoms with E-state index in [1.807, 2.05) is 20.8 Å². The maximum Gasteiger partial charge on any atom is 0.155 e. The van der Waals surface area contributed by atoms with Gasteiger partial charge in [-0.25, -0.2) is 0 Å². The predicted molar refractivity (Wildman–Crippen MR) is 142 cm³/mol. The van der Waals surface area contributed by atoms with Gasteiger partial charge in [0.15, 0.2) is 11.6 Å². The van der Waals surface area contributed by atoms with Crippen LogP contribution in [0.25, 0.3) is 0 Å². The average Bonchev–Trinajstić information content (AvgIpc) is 3.42. The minimum absolute atomic E-state index is 0.0652. The van der Waals surface area contributed by atoms with Gasteiger partial charge in [-0.1, -0.05) is 53.7 Å². The van der Waals surface area contributed by atoms with Crippen molar-refractivity contribution in [2.45, 2.75) is 144 Å². The molecular formula is C30H52N2O2. The molecule has 4 heteroatoms. The van der Waals surface area contributed by atoms with E-state index < -0.39 is 0 Å². The maximum atomic E-state index is 12.7. The Labute approximate surface area is 209 Å². The van der Waals surface area contributed by atoms with E-state index >= 15 is 0 Å². The van der Waals surface area contributed by atoms with Crippen molar-refractivity contribution in [1.82, 2.24) is 9.80 Å². The number of nitrogens with zero attached hydrogens (tertiary/aromatic N) is 2. The van der Waals surface area contributed by atoms with Crippen LogP contribution < -0.4 is 0 Å². The first kappa shape index (κ1) is 27.6. The molecule has 3 fully saturated rings. The molecule has 2 aliphatic heterocycles. The zero-order valence-corrected chi connectivity index (χ0v) is 24.2. The molecule has 4 aliphatic rings. The van der Waals surface area contributed by atoms with Crippen LogP contribution in [0.2, 0.25) is 0 Å². The molecule has 6 unspecified atom stereocenters. The normalized spacial score (nSPS) is 33.9. The lowest BCUT2D eigenvalue weighted by Crippen LogP contribution is -2.56. The highest BCUT2D eigenvalue weighted by atomic mass is 16.1. The maximum absolute atomic E-state index is 12.7. The zero-order valence-electron chi connectivity index (χ0n) is 24.2. The molecule has 0 aromatic rings. The van der Waals surface area contributed by atoms with Crippen molar-refractivity contribution in [3.63, 3.8) is 0 Å². The first-order valence-corrected chi connectivity index (χ1v) is 13.6. The Bertz CT molecular complexity index is 815. The SMILES string of the molecule is CC(C)(C)C(=O)C1C2C=CC(C2)N1C(C)(C)C.CC(C)(C)C(=O)C1C2CCC(C2)N1C(C)(C)C. The van der Waals surface area contributed by atoms with Gasteiger partial charge in [-0.2, -0.15) is 0 Å². The molecule has 0 radical (unpaired) electrons. The number of hydrogen-bond donors (Lipinski definition) is 0. The summed E-state index contributed by atoms with van der Waals surface area (Å²) in [5.41, 5.74) is -0.272. The number of piperidine rings is 1. The van der Waals surface area contributed by atoms with Gasteiger partial charge in [0.25, 0.3) is 0 Å². The van der Waals surface area contributed by atoms with Crippen molar-refractivity contribution in [2.75, 3.05) is 0 Å². The molecule has 2 aliphatic carbocycles. The number of ketones is 2. The highest BCUT2D eigenvalue weighted by Gasteiger charge is 2.54. The topological polar surface area (TPSA) is 40.6 Å². The van der Waals surface area contributed by atoms with Crippen molar-refractivity contribution in [3.8, 4) is 0 Å². The summed E-state index contributed by atoms with van der Waals surface area (Å²) in [5, 5.41) is 0. The number of rotatable bonds is 2. The van der Waals surface area contributed by atoms with Gasteiger partial charge in [-0.3, -0.25) is 19.4 Å².